The Morgan fingerprint density at radius 3 is 2.47 bits per heavy atom. The van der Waals surface area contributed by atoms with E-state index in [-0.39, 0.29) is 45.8 Å². The van der Waals surface area contributed by atoms with E-state index in [0.29, 0.717) is 28.8 Å². The van der Waals surface area contributed by atoms with Crippen LogP contribution < -0.4 is 9.64 Å². The van der Waals surface area contributed by atoms with Gasteiger partial charge in [0.05, 0.1) is 29.1 Å². The van der Waals surface area contributed by atoms with Crippen LogP contribution in [0.25, 0.3) is 0 Å². The maximum atomic E-state index is 13.9. The summed E-state index contributed by atoms with van der Waals surface area (Å²) in [7, 11) is 1.44. The van der Waals surface area contributed by atoms with Gasteiger partial charge in [-0.3, -0.25) is 24.1 Å². The summed E-state index contributed by atoms with van der Waals surface area (Å²) in [6.07, 6.45) is 3.68. The normalized spacial score (nSPS) is 26.6. The summed E-state index contributed by atoms with van der Waals surface area (Å²) in [5.74, 6) is -3.57. The number of hydrogen-bond acceptors (Lipinski definition) is 6. The van der Waals surface area contributed by atoms with Crippen molar-refractivity contribution < 1.29 is 29.0 Å². The Morgan fingerprint density at radius 2 is 1.76 bits per heavy atom. The van der Waals surface area contributed by atoms with E-state index in [9.17, 15) is 24.3 Å². The SMILES string of the molecule is COc1cccc(C2C3=CCC4C(=O)N(c5ccc(I)cc5)C(=O)C4C3CC3=C2C(=O)C=C(Br)C3=O)c1O. The van der Waals surface area contributed by atoms with Crippen LogP contribution in [0.2, 0.25) is 0 Å². The first-order valence-electron chi connectivity index (χ1n) is 12.1. The van der Waals surface area contributed by atoms with Crippen LogP contribution in [0.4, 0.5) is 5.69 Å². The van der Waals surface area contributed by atoms with Crippen molar-refractivity contribution in [3.63, 3.8) is 0 Å². The van der Waals surface area contributed by atoms with Crippen molar-refractivity contribution in [3.8, 4) is 11.5 Å². The second kappa shape index (κ2) is 9.30. The number of ether oxygens (including phenoxy) is 1. The third-order valence-corrected chi connectivity index (χ3v) is 9.29. The lowest BCUT2D eigenvalue weighted by atomic mass is 9.59. The van der Waals surface area contributed by atoms with Crippen molar-refractivity contribution in [3.05, 3.63) is 85.0 Å². The highest BCUT2D eigenvalue weighted by molar-refractivity contribution is 14.1. The van der Waals surface area contributed by atoms with E-state index < -0.39 is 23.7 Å². The number of carbonyl (C=O) groups excluding carboxylic acids is 4. The topological polar surface area (TPSA) is 101 Å². The molecule has 2 aromatic rings. The van der Waals surface area contributed by atoms with E-state index in [1.807, 2.05) is 18.2 Å². The molecular formula is C29H21BrINO6. The Morgan fingerprint density at radius 1 is 1.03 bits per heavy atom. The summed E-state index contributed by atoms with van der Waals surface area (Å²) in [6.45, 7) is 0. The summed E-state index contributed by atoms with van der Waals surface area (Å²) in [5, 5.41) is 11.1. The second-order valence-corrected chi connectivity index (χ2v) is 11.9. The van der Waals surface area contributed by atoms with Gasteiger partial charge in [-0.2, -0.15) is 0 Å². The number of methoxy groups -OCH3 is 1. The standard InChI is InChI=1S/C29H21BrINO6/c1-38-22-4-2-3-16(27(22)35)23-15-9-10-17-24(18(15)11-19-25(23)21(33)12-20(30)26(19)34)29(37)32(28(17)36)14-7-5-13(31)6-8-14/h2-9,12,17-18,23-24,35H,10-11H2,1H3. The number of carbonyl (C=O) groups is 4. The lowest BCUT2D eigenvalue weighted by molar-refractivity contribution is -0.123. The van der Waals surface area contributed by atoms with E-state index in [4.69, 9.17) is 4.74 Å². The zero-order chi connectivity index (χ0) is 26.9. The highest BCUT2D eigenvalue weighted by atomic mass is 127. The van der Waals surface area contributed by atoms with Crippen LogP contribution in [-0.2, 0) is 19.2 Å². The molecule has 6 rings (SSSR count). The Kier molecular flexibility index (Phi) is 6.18. The number of rotatable bonds is 3. The molecule has 1 fully saturated rings. The molecule has 0 aromatic heterocycles. The highest BCUT2D eigenvalue weighted by Crippen LogP contribution is 2.57. The Hall–Kier alpha value is -3.05. The third kappa shape index (κ3) is 3.65. The molecule has 4 atom stereocenters. The molecule has 0 spiro atoms. The molecule has 1 N–H and O–H groups in total. The number of aromatic hydroxyl groups is 1. The number of nitrogens with zero attached hydrogens (tertiary/aromatic N) is 1. The smallest absolute Gasteiger partial charge is 0.238 e. The zero-order valence-corrected chi connectivity index (χ0v) is 23.9. The minimum absolute atomic E-state index is 0.126. The molecule has 2 amide bonds. The minimum atomic E-state index is -0.747. The average Bonchev–Trinajstić information content (AvgIpc) is 3.16. The summed E-state index contributed by atoms with van der Waals surface area (Å²) in [4.78, 5) is 55.3. The van der Waals surface area contributed by atoms with Crippen molar-refractivity contribution in [1.82, 2.24) is 0 Å². The van der Waals surface area contributed by atoms with Gasteiger partial charge in [0.15, 0.2) is 23.1 Å². The van der Waals surface area contributed by atoms with Crippen molar-refractivity contribution in [2.24, 2.45) is 17.8 Å². The first-order valence-corrected chi connectivity index (χ1v) is 14.0. The molecule has 0 bridgehead atoms. The number of anilines is 1. The Labute approximate surface area is 240 Å². The number of para-hydroxylation sites is 1. The van der Waals surface area contributed by atoms with Crippen LogP contribution in [0.3, 0.4) is 0 Å². The van der Waals surface area contributed by atoms with Gasteiger partial charge in [-0.25, -0.2) is 0 Å². The Bertz CT molecular complexity index is 1540. The number of ketones is 2. The van der Waals surface area contributed by atoms with Gasteiger partial charge in [0, 0.05) is 32.3 Å². The van der Waals surface area contributed by atoms with E-state index in [0.717, 1.165) is 9.14 Å². The first kappa shape index (κ1) is 25.2. The number of phenolic OH excluding ortho intramolecular Hbond substituents is 1. The molecule has 9 heteroatoms. The fourth-order valence-electron chi connectivity index (χ4n) is 6.34. The van der Waals surface area contributed by atoms with Crippen LogP contribution in [0.1, 0.15) is 24.3 Å². The van der Waals surface area contributed by atoms with Gasteiger partial charge in [-0.1, -0.05) is 23.8 Å². The predicted molar refractivity (Wildman–Crippen MR) is 151 cm³/mol. The number of Topliss-reactive ketones (excluding diaryl/α,β-unsaturated/α-hetero) is 1. The molecule has 4 unspecified atom stereocenters. The second-order valence-electron chi connectivity index (χ2n) is 9.78. The number of benzene rings is 2. The molecule has 192 valence electrons. The van der Waals surface area contributed by atoms with Crippen molar-refractivity contribution in [1.29, 1.82) is 0 Å². The summed E-state index contributed by atoms with van der Waals surface area (Å²) in [5.41, 5.74) is 2.32. The number of phenols is 1. The maximum Gasteiger partial charge on any atom is 0.238 e. The monoisotopic (exact) mass is 685 g/mol. The Balaban J connectivity index is 1.51. The van der Waals surface area contributed by atoms with Crippen LogP contribution >= 0.6 is 38.5 Å². The van der Waals surface area contributed by atoms with Crippen LogP contribution in [0.15, 0.2) is 75.8 Å². The first-order chi connectivity index (χ1) is 18.2. The largest absolute Gasteiger partial charge is 0.504 e. The predicted octanol–water partition coefficient (Wildman–Crippen LogP) is 4.97. The third-order valence-electron chi connectivity index (χ3n) is 7.98. The van der Waals surface area contributed by atoms with E-state index in [2.05, 4.69) is 38.5 Å². The molecule has 1 aliphatic heterocycles. The van der Waals surface area contributed by atoms with E-state index in [1.165, 1.54) is 18.1 Å². The molecule has 0 radical (unpaired) electrons. The van der Waals surface area contributed by atoms with Crippen molar-refractivity contribution in [2.45, 2.75) is 18.8 Å². The number of halogens is 2. The fraction of sp³-hybridized carbons (Fsp3) is 0.241. The number of amides is 2. The summed E-state index contributed by atoms with van der Waals surface area (Å²) < 4.78 is 6.46. The van der Waals surface area contributed by atoms with Crippen LogP contribution in [0.5, 0.6) is 11.5 Å². The summed E-state index contributed by atoms with van der Waals surface area (Å²) >= 11 is 5.39. The van der Waals surface area contributed by atoms with Gasteiger partial charge in [-0.05, 0) is 87.6 Å². The zero-order valence-electron chi connectivity index (χ0n) is 20.1. The molecule has 38 heavy (non-hydrogen) atoms. The molecule has 0 saturated carbocycles. The molecular weight excluding hydrogens is 665 g/mol. The molecule has 2 aromatic carbocycles. The van der Waals surface area contributed by atoms with Gasteiger partial charge in [0.25, 0.3) is 0 Å². The number of imide groups is 1. The van der Waals surface area contributed by atoms with Crippen LogP contribution in [-0.4, -0.2) is 35.6 Å². The highest BCUT2D eigenvalue weighted by Gasteiger charge is 2.57. The number of allylic oxidation sites excluding steroid dienone is 6. The average molecular weight is 686 g/mol. The molecule has 1 saturated heterocycles. The van der Waals surface area contributed by atoms with Crippen LogP contribution in [0, 0.1) is 21.3 Å². The lowest BCUT2D eigenvalue weighted by Gasteiger charge is -2.42. The molecule has 1 heterocycles. The van der Waals surface area contributed by atoms with E-state index in [1.54, 1.807) is 30.3 Å². The minimum Gasteiger partial charge on any atom is -0.504 e. The number of fused-ring (bicyclic) bond motifs is 3. The lowest BCUT2D eigenvalue weighted by Crippen LogP contribution is -2.39. The van der Waals surface area contributed by atoms with Gasteiger partial charge >= 0.3 is 0 Å². The van der Waals surface area contributed by atoms with Crippen molar-refractivity contribution >= 4 is 67.6 Å². The molecule has 7 nitrogen and oxygen atoms in total. The van der Waals surface area contributed by atoms with Crippen molar-refractivity contribution in [2.75, 3.05) is 12.0 Å². The summed E-state index contributed by atoms with van der Waals surface area (Å²) in [6, 6.07) is 12.2. The quantitative estimate of drug-likeness (QED) is 0.212. The maximum absolute atomic E-state index is 13.9. The van der Waals surface area contributed by atoms with Gasteiger partial charge < -0.3 is 9.84 Å². The van der Waals surface area contributed by atoms with Gasteiger partial charge in [0.1, 0.15) is 0 Å². The number of hydrogen-bond donors (Lipinski definition) is 1. The van der Waals surface area contributed by atoms with Gasteiger partial charge in [-0.15, -0.1) is 0 Å². The van der Waals surface area contributed by atoms with E-state index >= 15 is 0 Å². The molecule has 3 aliphatic carbocycles. The molecule has 4 aliphatic rings. The van der Waals surface area contributed by atoms with Gasteiger partial charge in [0.2, 0.25) is 11.8 Å². The fourth-order valence-corrected chi connectivity index (χ4v) is 7.15.